The smallest absolute Gasteiger partial charge is 0.313 e. The van der Waals surface area contributed by atoms with Crippen LogP contribution in [0.3, 0.4) is 0 Å². The van der Waals surface area contributed by atoms with Crippen molar-refractivity contribution in [2.75, 3.05) is 29.5 Å². The van der Waals surface area contributed by atoms with Gasteiger partial charge in [-0.1, -0.05) is 11.8 Å². The lowest BCUT2D eigenvalue weighted by Gasteiger charge is -2.13. The van der Waals surface area contributed by atoms with E-state index in [9.17, 15) is 24.0 Å². The van der Waals surface area contributed by atoms with E-state index in [2.05, 4.69) is 16.0 Å². The average molecular weight is 364 g/mol. The van der Waals surface area contributed by atoms with Gasteiger partial charge in [-0.05, 0) is 24.3 Å². The normalized spacial score (nSPS) is 13.6. The van der Waals surface area contributed by atoms with Crippen molar-refractivity contribution < 1.29 is 24.0 Å². The van der Waals surface area contributed by atoms with Gasteiger partial charge in [-0.2, -0.15) is 0 Å². The third kappa shape index (κ3) is 5.31. The lowest BCUT2D eigenvalue weighted by Crippen LogP contribution is -2.41. The van der Waals surface area contributed by atoms with Crippen molar-refractivity contribution in [3.8, 4) is 0 Å². The molecule has 0 radical (unpaired) electrons. The van der Waals surface area contributed by atoms with Gasteiger partial charge in [-0.3, -0.25) is 28.9 Å². The molecule has 5 amide bonds. The third-order valence-corrected chi connectivity index (χ3v) is 3.99. The molecule has 2 rings (SSSR count). The van der Waals surface area contributed by atoms with E-state index in [1.807, 2.05) is 0 Å². The van der Waals surface area contributed by atoms with Crippen molar-refractivity contribution in [2.24, 2.45) is 0 Å². The van der Waals surface area contributed by atoms with Crippen LogP contribution in [-0.2, 0) is 19.2 Å². The molecule has 3 N–H and O–H groups in total. The number of carbonyl (C=O) groups excluding carboxylic acids is 5. The molecule has 0 aliphatic carbocycles. The van der Waals surface area contributed by atoms with Crippen LogP contribution in [0.4, 0.5) is 16.2 Å². The van der Waals surface area contributed by atoms with Gasteiger partial charge in [-0.15, -0.1) is 0 Å². The molecule has 0 saturated carbocycles. The molecule has 1 aromatic rings. The first kappa shape index (κ1) is 18.5. The van der Waals surface area contributed by atoms with E-state index in [1.165, 1.54) is 19.1 Å². The Labute approximate surface area is 147 Å². The Balaban J connectivity index is 1.78. The summed E-state index contributed by atoms with van der Waals surface area (Å²) in [7, 11) is 0. The highest BCUT2D eigenvalue weighted by Gasteiger charge is 2.29. The second-order valence-corrected chi connectivity index (χ2v) is 6.00. The predicted octanol–water partition coefficient (Wildman–Crippen LogP) is 0.395. The highest BCUT2D eigenvalue weighted by molar-refractivity contribution is 8.14. The minimum atomic E-state index is -0.877. The Morgan fingerprint density at radius 2 is 1.64 bits per heavy atom. The second-order valence-electron chi connectivity index (χ2n) is 5.07. The first-order chi connectivity index (χ1) is 11.9. The zero-order valence-corrected chi connectivity index (χ0v) is 14.1. The van der Waals surface area contributed by atoms with Crippen molar-refractivity contribution in [3.63, 3.8) is 0 Å². The second kappa shape index (κ2) is 8.29. The van der Waals surface area contributed by atoms with Gasteiger partial charge in [0, 0.05) is 31.4 Å². The summed E-state index contributed by atoms with van der Waals surface area (Å²) in [6, 6.07) is 6.23. The van der Waals surface area contributed by atoms with Gasteiger partial charge in [0.05, 0.1) is 5.75 Å². The molecule has 1 heterocycles. The molecule has 132 valence electrons. The minimum absolute atomic E-state index is 0.00817. The molecule has 0 bridgehead atoms. The number of thioether (sulfide) groups is 1. The minimum Gasteiger partial charge on any atom is -0.346 e. The number of hydrogen-bond acceptors (Lipinski definition) is 6. The van der Waals surface area contributed by atoms with E-state index >= 15 is 0 Å². The number of nitrogens with zero attached hydrogens (tertiary/aromatic N) is 1. The van der Waals surface area contributed by atoms with Crippen LogP contribution in [0.15, 0.2) is 24.3 Å². The zero-order valence-electron chi connectivity index (χ0n) is 13.3. The highest BCUT2D eigenvalue weighted by atomic mass is 32.2. The maximum Gasteiger partial charge on any atom is 0.313 e. The molecule has 0 unspecified atom stereocenters. The average Bonchev–Trinajstić information content (AvgIpc) is 2.88. The molecule has 1 fully saturated rings. The Kier molecular flexibility index (Phi) is 6.12. The summed E-state index contributed by atoms with van der Waals surface area (Å²) in [5, 5.41) is 6.97. The van der Waals surface area contributed by atoms with E-state index in [4.69, 9.17) is 0 Å². The molecule has 10 heteroatoms. The monoisotopic (exact) mass is 364 g/mol. The van der Waals surface area contributed by atoms with E-state index < -0.39 is 11.8 Å². The molecule has 1 aromatic carbocycles. The summed E-state index contributed by atoms with van der Waals surface area (Å²) in [5.74, 6) is -2.18. The first-order valence-electron chi connectivity index (χ1n) is 7.31. The van der Waals surface area contributed by atoms with Crippen LogP contribution in [0.1, 0.15) is 6.92 Å². The molecule has 1 saturated heterocycles. The summed E-state index contributed by atoms with van der Waals surface area (Å²) >= 11 is 0.904. The quantitative estimate of drug-likeness (QED) is 0.650. The van der Waals surface area contributed by atoms with Crippen LogP contribution in [0.5, 0.6) is 0 Å². The lowest BCUT2D eigenvalue weighted by atomic mass is 10.2. The van der Waals surface area contributed by atoms with Crippen molar-refractivity contribution in [1.82, 2.24) is 10.2 Å². The van der Waals surface area contributed by atoms with Gasteiger partial charge >= 0.3 is 11.8 Å². The van der Waals surface area contributed by atoms with Gasteiger partial charge in [-0.25, -0.2) is 0 Å². The molecule has 1 aliphatic rings. The number of hydrogen-bond donors (Lipinski definition) is 3. The van der Waals surface area contributed by atoms with Crippen LogP contribution < -0.4 is 16.0 Å². The summed E-state index contributed by atoms with van der Waals surface area (Å²) in [4.78, 5) is 58.2. The van der Waals surface area contributed by atoms with Crippen molar-refractivity contribution >= 4 is 52.0 Å². The molecule has 0 spiro atoms. The van der Waals surface area contributed by atoms with Crippen molar-refractivity contribution in [1.29, 1.82) is 0 Å². The topological polar surface area (TPSA) is 125 Å². The Bertz CT molecular complexity index is 703. The van der Waals surface area contributed by atoms with Gasteiger partial charge < -0.3 is 16.0 Å². The van der Waals surface area contributed by atoms with Crippen LogP contribution in [0.25, 0.3) is 0 Å². The summed E-state index contributed by atoms with van der Waals surface area (Å²) in [6.07, 6.45) is 0. The molecular weight excluding hydrogens is 348 g/mol. The number of anilines is 2. The first-order valence-corrected chi connectivity index (χ1v) is 8.29. The number of nitrogens with one attached hydrogen (secondary N) is 3. The van der Waals surface area contributed by atoms with E-state index in [-0.39, 0.29) is 35.9 Å². The largest absolute Gasteiger partial charge is 0.346 e. The van der Waals surface area contributed by atoms with E-state index in [0.29, 0.717) is 11.4 Å². The number of amides is 5. The molecule has 1 aliphatic heterocycles. The predicted molar refractivity (Wildman–Crippen MR) is 92.0 cm³/mol. The van der Waals surface area contributed by atoms with Crippen LogP contribution >= 0.6 is 11.8 Å². The van der Waals surface area contributed by atoms with E-state index in [0.717, 1.165) is 16.7 Å². The fraction of sp³-hybridized carbons (Fsp3) is 0.267. The Morgan fingerprint density at radius 3 is 2.16 bits per heavy atom. The third-order valence-electron chi connectivity index (χ3n) is 3.13. The number of rotatable bonds is 5. The molecule has 9 nitrogen and oxygen atoms in total. The number of benzene rings is 1. The fourth-order valence-electron chi connectivity index (χ4n) is 1.99. The number of imide groups is 1. The fourth-order valence-corrected chi connectivity index (χ4v) is 2.74. The highest BCUT2D eigenvalue weighted by Crippen LogP contribution is 2.17. The number of carbonyl (C=O) groups is 5. The van der Waals surface area contributed by atoms with Crippen LogP contribution in [0.2, 0.25) is 0 Å². The molecule has 25 heavy (non-hydrogen) atoms. The summed E-state index contributed by atoms with van der Waals surface area (Å²) in [5.41, 5.74) is 0.948. The SMILES string of the molecule is CC(=O)Nc1ccc(NC(=O)C(=O)NCCN2C(=O)CSC2=O)cc1. The maximum absolute atomic E-state index is 11.8. The van der Waals surface area contributed by atoms with Gasteiger partial charge in [0.25, 0.3) is 5.24 Å². The Morgan fingerprint density at radius 1 is 1.04 bits per heavy atom. The summed E-state index contributed by atoms with van der Waals surface area (Å²) in [6.45, 7) is 1.39. The molecular formula is C15H16N4O5S. The maximum atomic E-state index is 11.8. The Hall–Kier alpha value is -2.88. The van der Waals surface area contributed by atoms with Gasteiger partial charge in [0.2, 0.25) is 11.8 Å². The zero-order chi connectivity index (χ0) is 18.4. The van der Waals surface area contributed by atoms with Gasteiger partial charge in [0.15, 0.2) is 0 Å². The van der Waals surface area contributed by atoms with Crippen molar-refractivity contribution in [2.45, 2.75) is 6.92 Å². The molecule has 0 aromatic heterocycles. The summed E-state index contributed by atoms with van der Waals surface area (Å²) < 4.78 is 0. The van der Waals surface area contributed by atoms with Crippen LogP contribution in [0, 0.1) is 0 Å². The van der Waals surface area contributed by atoms with E-state index in [1.54, 1.807) is 12.1 Å². The standard InChI is InChI=1S/C15H16N4O5S/c1-9(20)17-10-2-4-11(5-3-10)18-14(23)13(22)16-6-7-19-12(21)8-25-15(19)24/h2-5H,6-8H2,1H3,(H,16,22)(H,17,20)(H,18,23). The van der Waals surface area contributed by atoms with Crippen molar-refractivity contribution in [3.05, 3.63) is 24.3 Å². The van der Waals surface area contributed by atoms with Crippen LogP contribution in [-0.4, -0.2) is 52.6 Å². The lowest BCUT2D eigenvalue weighted by molar-refractivity contribution is -0.136. The van der Waals surface area contributed by atoms with Gasteiger partial charge in [0.1, 0.15) is 0 Å². The molecule has 0 atom stereocenters.